The van der Waals surface area contributed by atoms with Crippen molar-refractivity contribution in [3.05, 3.63) is 58.6 Å². The van der Waals surface area contributed by atoms with Crippen LogP contribution < -0.4 is 14.8 Å². The molecule has 1 aromatic carbocycles. The number of nitrogens with one attached hydrogen (secondary N) is 1. The smallest absolute Gasteiger partial charge is 0.245 e. The van der Waals surface area contributed by atoms with Crippen molar-refractivity contribution >= 4 is 34.4 Å². The van der Waals surface area contributed by atoms with Crippen molar-refractivity contribution in [2.24, 2.45) is 5.92 Å². The average Bonchev–Trinajstić information content (AvgIpc) is 3.58. The van der Waals surface area contributed by atoms with Crippen molar-refractivity contribution < 1.29 is 9.47 Å². The lowest BCUT2D eigenvalue weighted by Crippen LogP contribution is -2.17. The van der Waals surface area contributed by atoms with Crippen LogP contribution in [0.1, 0.15) is 72.4 Å². The van der Waals surface area contributed by atoms with Crippen LogP contribution >= 0.6 is 23.2 Å². The topological polar surface area (TPSA) is 87.0 Å². The Morgan fingerprint density at radius 3 is 2.50 bits per heavy atom. The number of fused-ring (bicyclic) bond motifs is 1. The van der Waals surface area contributed by atoms with Crippen LogP contribution in [0.2, 0.25) is 10.0 Å². The molecule has 1 aliphatic carbocycles. The van der Waals surface area contributed by atoms with Gasteiger partial charge in [0.15, 0.2) is 11.2 Å². The number of hydrogen-bond acceptors (Lipinski definition) is 7. The lowest BCUT2D eigenvalue weighted by Gasteiger charge is -2.12. The minimum atomic E-state index is -0.199. The standard InChI is InChI=1S/C24H23Cl2N5O2.C8H19N/c1-3-10-32-17-4-5-18(19(26)12-17)21-30-20-22(28-14-29-23(20)33-24(2)7-8-24)31(21)13-16-11-15(25)6-9-27-16;1-4-6-9-7-5-8(2)3/h4-6,9,11-12,14H,3,7-8,10,13H2,1-2H3;8-9H,4-7H2,1-3H3. The van der Waals surface area contributed by atoms with E-state index in [0.717, 1.165) is 42.2 Å². The van der Waals surface area contributed by atoms with Gasteiger partial charge in [-0.25, -0.2) is 9.97 Å². The van der Waals surface area contributed by atoms with Crippen LogP contribution in [0, 0.1) is 5.92 Å². The van der Waals surface area contributed by atoms with Gasteiger partial charge < -0.3 is 19.4 Å². The molecule has 0 spiro atoms. The Balaban J connectivity index is 0.000000392. The second-order valence-electron chi connectivity index (χ2n) is 11.3. The Bertz CT molecular complexity index is 1450. The summed E-state index contributed by atoms with van der Waals surface area (Å²) in [5, 5.41) is 4.51. The molecule has 42 heavy (non-hydrogen) atoms. The summed E-state index contributed by atoms with van der Waals surface area (Å²) < 4.78 is 13.9. The number of hydrogen-bond donors (Lipinski definition) is 1. The largest absolute Gasteiger partial charge is 0.494 e. The van der Waals surface area contributed by atoms with Crippen molar-refractivity contribution in [1.29, 1.82) is 0 Å². The number of halogens is 2. The number of benzene rings is 1. The molecule has 8 nitrogen and oxygen atoms in total. The van der Waals surface area contributed by atoms with Crippen LogP contribution in [0.3, 0.4) is 0 Å². The van der Waals surface area contributed by atoms with E-state index >= 15 is 0 Å². The Morgan fingerprint density at radius 2 is 1.83 bits per heavy atom. The summed E-state index contributed by atoms with van der Waals surface area (Å²) in [7, 11) is 0. The van der Waals surface area contributed by atoms with Crippen molar-refractivity contribution in [2.75, 3.05) is 19.7 Å². The monoisotopic (exact) mass is 612 g/mol. The molecule has 0 unspecified atom stereocenters. The van der Waals surface area contributed by atoms with Crippen LogP contribution in [0.5, 0.6) is 11.6 Å². The van der Waals surface area contributed by atoms with Gasteiger partial charge >= 0.3 is 0 Å². The summed E-state index contributed by atoms with van der Waals surface area (Å²) in [6, 6.07) is 9.18. The molecule has 0 bridgehead atoms. The fraction of sp³-hybridized carbons (Fsp3) is 0.500. The molecule has 3 heterocycles. The zero-order valence-corrected chi connectivity index (χ0v) is 26.8. The zero-order valence-electron chi connectivity index (χ0n) is 25.3. The Morgan fingerprint density at radius 1 is 1.02 bits per heavy atom. The van der Waals surface area contributed by atoms with Crippen molar-refractivity contribution in [3.8, 4) is 23.0 Å². The van der Waals surface area contributed by atoms with Gasteiger partial charge in [0, 0.05) is 16.8 Å². The number of aromatic nitrogens is 5. The average molecular weight is 614 g/mol. The molecule has 1 fully saturated rings. The third-order valence-electron chi connectivity index (χ3n) is 6.87. The second-order valence-corrected chi connectivity index (χ2v) is 12.2. The minimum absolute atomic E-state index is 0.199. The Labute approximate surface area is 259 Å². The lowest BCUT2D eigenvalue weighted by atomic mass is 10.1. The van der Waals surface area contributed by atoms with Gasteiger partial charge in [-0.05, 0) is 88.4 Å². The molecule has 3 aromatic heterocycles. The van der Waals surface area contributed by atoms with E-state index in [9.17, 15) is 0 Å². The van der Waals surface area contributed by atoms with Gasteiger partial charge in [0.25, 0.3) is 0 Å². The molecular weight excluding hydrogens is 571 g/mol. The highest BCUT2D eigenvalue weighted by molar-refractivity contribution is 6.33. The van der Waals surface area contributed by atoms with Crippen molar-refractivity contribution in [1.82, 2.24) is 29.8 Å². The molecule has 0 amide bonds. The molecule has 0 atom stereocenters. The maximum Gasteiger partial charge on any atom is 0.245 e. The van der Waals surface area contributed by atoms with Crippen LogP contribution in [-0.2, 0) is 6.54 Å². The summed E-state index contributed by atoms with van der Waals surface area (Å²) in [6.07, 6.45) is 8.63. The predicted molar refractivity (Wildman–Crippen MR) is 171 cm³/mol. The molecule has 226 valence electrons. The highest BCUT2D eigenvalue weighted by Crippen LogP contribution is 2.41. The first-order valence-corrected chi connectivity index (χ1v) is 15.6. The first-order chi connectivity index (χ1) is 20.2. The quantitative estimate of drug-likeness (QED) is 0.153. The summed E-state index contributed by atoms with van der Waals surface area (Å²) >= 11 is 12.9. The maximum atomic E-state index is 6.69. The zero-order chi connectivity index (χ0) is 30.1. The van der Waals surface area contributed by atoms with Crippen LogP contribution in [0.25, 0.3) is 22.6 Å². The van der Waals surface area contributed by atoms with Gasteiger partial charge in [-0.2, -0.15) is 4.98 Å². The Hall–Kier alpha value is -2.94. The Kier molecular flexibility index (Phi) is 11.4. The van der Waals surface area contributed by atoms with Crippen molar-refractivity contribution in [2.45, 2.75) is 78.9 Å². The third-order valence-corrected chi connectivity index (χ3v) is 7.42. The number of pyridine rings is 1. The molecule has 0 aliphatic heterocycles. The molecule has 1 aliphatic rings. The van der Waals surface area contributed by atoms with E-state index in [2.05, 4.69) is 54.9 Å². The fourth-order valence-corrected chi connectivity index (χ4v) is 4.67. The van der Waals surface area contributed by atoms with Crippen LogP contribution in [-0.4, -0.2) is 49.8 Å². The predicted octanol–water partition coefficient (Wildman–Crippen LogP) is 8.00. The highest BCUT2D eigenvalue weighted by atomic mass is 35.5. The van der Waals surface area contributed by atoms with Gasteiger partial charge in [0.2, 0.25) is 5.88 Å². The first-order valence-electron chi connectivity index (χ1n) is 14.9. The van der Waals surface area contributed by atoms with E-state index in [-0.39, 0.29) is 5.60 Å². The molecule has 1 N–H and O–H groups in total. The second kappa shape index (κ2) is 15.0. The van der Waals surface area contributed by atoms with E-state index in [1.807, 2.05) is 28.8 Å². The SMILES string of the molecule is CCCNCCC(C)C.CCCOc1ccc(-c2nc3c(OC4(C)CC4)ncnc3n2Cc2cc(Cl)ccn2)c(Cl)c1. The van der Waals surface area contributed by atoms with E-state index in [4.69, 9.17) is 37.7 Å². The molecule has 0 radical (unpaired) electrons. The lowest BCUT2D eigenvalue weighted by molar-refractivity contribution is 0.194. The normalized spacial score (nSPS) is 13.6. The minimum Gasteiger partial charge on any atom is -0.494 e. The highest BCUT2D eigenvalue weighted by Gasteiger charge is 2.41. The van der Waals surface area contributed by atoms with Gasteiger partial charge in [0.05, 0.1) is 23.9 Å². The van der Waals surface area contributed by atoms with Crippen molar-refractivity contribution in [3.63, 3.8) is 0 Å². The van der Waals surface area contributed by atoms with Gasteiger partial charge in [0.1, 0.15) is 23.5 Å². The fourth-order valence-electron chi connectivity index (χ4n) is 4.23. The summed E-state index contributed by atoms with van der Waals surface area (Å²) in [5.41, 5.74) is 2.56. The molecule has 10 heteroatoms. The molecular formula is C32H42Cl2N6O2. The van der Waals surface area contributed by atoms with Crippen LogP contribution in [0.15, 0.2) is 42.9 Å². The van der Waals surface area contributed by atoms with E-state index in [1.165, 1.54) is 32.3 Å². The van der Waals surface area contributed by atoms with Gasteiger partial charge in [-0.3, -0.25) is 4.98 Å². The van der Waals surface area contributed by atoms with E-state index in [0.29, 0.717) is 46.1 Å². The number of nitrogens with zero attached hydrogens (tertiary/aromatic N) is 5. The summed E-state index contributed by atoms with van der Waals surface area (Å²) in [5.74, 6) is 2.67. The molecule has 4 aromatic rings. The summed E-state index contributed by atoms with van der Waals surface area (Å²) in [6.45, 7) is 14.2. The molecule has 5 rings (SSSR count). The number of imidazole rings is 1. The number of ether oxygens (including phenoxy) is 2. The third kappa shape index (κ3) is 8.79. The number of rotatable bonds is 13. The van der Waals surface area contributed by atoms with Gasteiger partial charge in [-0.15, -0.1) is 0 Å². The molecule has 1 saturated carbocycles. The first kappa shape index (κ1) is 32.0. The molecule has 0 saturated heterocycles. The van der Waals surface area contributed by atoms with Crippen LogP contribution in [0.4, 0.5) is 0 Å². The van der Waals surface area contributed by atoms with E-state index < -0.39 is 0 Å². The van der Waals surface area contributed by atoms with E-state index in [1.54, 1.807) is 12.3 Å². The maximum absolute atomic E-state index is 6.69. The van der Waals surface area contributed by atoms with Gasteiger partial charge in [-0.1, -0.05) is 50.9 Å². The summed E-state index contributed by atoms with van der Waals surface area (Å²) in [4.78, 5) is 18.2.